The topological polar surface area (TPSA) is 582 Å². The van der Waals surface area contributed by atoms with Gasteiger partial charge in [0.05, 0.1) is 96.3 Å². The number of amides is 3. The largest absolute Gasteiger partial charge is 1.00 e. The summed E-state index contributed by atoms with van der Waals surface area (Å²) in [5.41, 5.74) is 14.0. The van der Waals surface area contributed by atoms with Gasteiger partial charge in [0.1, 0.15) is 16.8 Å². The number of carbonyl (C=O) groups is 4. The molecule has 16 heterocycles. The second-order valence-corrected chi connectivity index (χ2v) is 38.7. The number of nitrogens with zero attached hydrogens (tertiary/aromatic N) is 30. The van der Waals surface area contributed by atoms with E-state index in [-0.39, 0.29) is 141 Å². The van der Waals surface area contributed by atoms with E-state index in [1.54, 1.807) is 65.7 Å². The van der Waals surface area contributed by atoms with Crippen molar-refractivity contribution in [3.63, 3.8) is 0 Å². The minimum Gasteiger partial charge on any atom is -0.813 e. The van der Waals surface area contributed by atoms with Gasteiger partial charge in [-0.05, 0) is 277 Å². The van der Waals surface area contributed by atoms with Gasteiger partial charge in [-0.1, -0.05) is 20.1 Å². The fourth-order valence-electron chi connectivity index (χ4n) is 17.1. The van der Waals surface area contributed by atoms with Crippen molar-refractivity contribution >= 4 is 133 Å². The van der Waals surface area contributed by atoms with E-state index in [2.05, 4.69) is 200 Å². The molecule has 0 bridgehead atoms. The molecular weight excluding hydrogens is 1970 g/mol. The van der Waals surface area contributed by atoms with Crippen LogP contribution in [0.1, 0.15) is 163 Å². The zero-order chi connectivity index (χ0) is 95.0. The molecule has 8 aromatic heterocycles. The zero-order valence-corrected chi connectivity index (χ0v) is 85.2. The Kier molecular flexibility index (Phi) is 43.3. The summed E-state index contributed by atoms with van der Waals surface area (Å²) < 4.78 is 54.1. The van der Waals surface area contributed by atoms with Crippen LogP contribution < -0.4 is 77.1 Å². The summed E-state index contributed by atoms with van der Waals surface area (Å²) in [4.78, 5) is 91.5. The number of piperidine rings is 4. The van der Waals surface area contributed by atoms with Crippen LogP contribution in [0.5, 0.6) is 0 Å². The van der Waals surface area contributed by atoms with Crippen molar-refractivity contribution in [3.05, 3.63) is 94.7 Å². The number of halogens is 3. The average Bonchev–Trinajstić information content (AvgIpc) is 1.60. The standard InChI is InChI=1S/C24H35N5O5S.C20H28BrN5O3.C20H28N5O3.C9H18N2O.C6H3BrClN3.2CH4.H3N17.Na.H2S/c1-16-19(27-22(31)34-23(2,3)4)24(15-33-16)7-10-28(11-8-24)21-26-14-17(20-25-9-12-29(20)21)35-13-6-18(30)32-5;1-13-15(24-18(27)29-19(2,3)4)20(12-28-13)5-8-25(9-6-20)17-23-11-14(21)16-22-7-10-26(16)17;1-14-16(23-18(26)28-19(2,3)4)20(13-27-14)6-10-24(11-7-20)17-22-8-5-15-21-9-12-25(15)17;1-7-8(10)9(6-12-7)2-4-11-5-3-9;7-4-3-10-6(8)11-2-1-9-5(4)11;;;1-3-5-7-9-11-13-15-17-16-14-12-10-8-6-4-2;;/h9,12,14,16,19H,6-8,10-11,13,15H2,1-5H3,(H,27,31);7,10-11,13,15H,5-6,8-9,12H2,1-4H3,(H,24,27);8-9,12,14,16H,6-7,10-11,13H2,1-4H3,(H,23,26);7-8,11H,2-6,10H2,1H3;1-3H;2*1H4;(H3,1,2,5,6,9,10,13,14,17);;1H2/q;;-1;;;;;;+1;/p-1/t16-,19+;13-,15+;14-,16+;7-,8+;;;;;;/m0000....../s1. The third kappa shape index (κ3) is 30.2. The fourth-order valence-corrected chi connectivity index (χ4v) is 18.9. The first-order valence-corrected chi connectivity index (χ1v) is 45.8. The summed E-state index contributed by atoms with van der Waals surface area (Å²) in [6, 6.07) is 3.07. The van der Waals surface area contributed by atoms with Gasteiger partial charge in [0, 0.05) is 141 Å². The molecule has 55 heteroatoms. The molecule has 4 spiro atoms. The number of rotatable bonds is 17. The second kappa shape index (κ2) is 51.9. The van der Waals surface area contributed by atoms with Crippen LogP contribution in [0.4, 0.5) is 32.2 Å². The number of alkyl carbamates (subject to hydrolysis) is 3. The maximum atomic E-state index is 12.5. The van der Waals surface area contributed by atoms with E-state index in [1.807, 2.05) is 121 Å². The van der Waals surface area contributed by atoms with Crippen LogP contribution in [0, 0.1) is 33.3 Å². The van der Waals surface area contributed by atoms with Crippen LogP contribution in [-0.2, 0) is 56.2 Å². The van der Waals surface area contributed by atoms with Crippen molar-refractivity contribution in [1.29, 1.82) is 5.53 Å². The molecular formula is C81H124Br2ClN37NaO12S2-. The van der Waals surface area contributed by atoms with Crippen LogP contribution in [0.2, 0.25) is 5.28 Å². The normalized spacial score (nSPS) is 22.1. The number of imidazole rings is 4. The van der Waals surface area contributed by atoms with Gasteiger partial charge in [0.2, 0.25) is 23.1 Å². The summed E-state index contributed by atoms with van der Waals surface area (Å²) >= 11 is 14.1. The Morgan fingerprint density at radius 1 is 0.522 bits per heavy atom. The quantitative estimate of drug-likeness (QED) is 0.00380. The first kappa shape index (κ1) is 113. The molecule has 0 unspecified atom stereocenters. The first-order valence-electron chi connectivity index (χ1n) is 42.9. The molecule has 8 atom stereocenters. The molecule has 16 rings (SSSR count). The number of aromatic nitrogens is 12. The first-order chi connectivity index (χ1) is 63.0. The molecule has 8 aromatic rings. The van der Waals surface area contributed by atoms with Crippen LogP contribution >= 0.6 is 55.2 Å². The number of hydrogen-bond acceptors (Lipinski definition) is 29. The van der Waals surface area contributed by atoms with E-state index in [4.69, 9.17) is 65.7 Å². The number of anilines is 3. The Hall–Kier alpha value is -9.53. The number of nitrogens with one attached hydrogen (secondary N) is 5. The zero-order valence-electron chi connectivity index (χ0n) is 77.6. The van der Waals surface area contributed by atoms with Gasteiger partial charge in [-0.25, -0.2) is 44.3 Å². The predicted octanol–water partition coefficient (Wildman–Crippen LogP) is 11.8. The van der Waals surface area contributed by atoms with Crippen molar-refractivity contribution in [3.8, 4) is 0 Å². The molecule has 8 aliphatic heterocycles. The van der Waals surface area contributed by atoms with E-state index in [9.17, 15) is 19.2 Å². The molecule has 740 valence electrons. The van der Waals surface area contributed by atoms with Gasteiger partial charge in [0.15, 0.2) is 16.9 Å². The average molecular weight is 2090 g/mol. The smallest absolute Gasteiger partial charge is 0.813 e. The number of fused-ring (bicyclic) bond motifs is 4. The number of methoxy groups -OCH3 is 1. The molecule has 0 aliphatic carbocycles. The minimum absolute atomic E-state index is 0. The van der Waals surface area contributed by atoms with Crippen molar-refractivity contribution in [2.45, 2.75) is 233 Å². The number of esters is 1. The van der Waals surface area contributed by atoms with Crippen LogP contribution in [0.25, 0.3) is 22.6 Å². The number of thiol groups is 1. The molecule has 9 N–H and O–H groups in total. The number of carbonyl (C=O) groups excluding carboxylic acids is 4. The van der Waals surface area contributed by atoms with E-state index < -0.39 is 22.9 Å². The third-order valence-corrected chi connectivity index (χ3v) is 26.0. The van der Waals surface area contributed by atoms with E-state index in [0.29, 0.717) is 42.7 Å². The Labute approximate surface area is 843 Å². The number of nitrogens with two attached hydrogens (primary N) is 2. The van der Waals surface area contributed by atoms with Crippen molar-refractivity contribution < 1.29 is 86.6 Å². The summed E-state index contributed by atoms with van der Waals surface area (Å²) in [5, 5.41) is 56.3. The molecule has 0 aromatic carbocycles. The SMILES string of the molecule is C.C.COC(=O)CCSc1cnc(N2CCC3(CC2)CO[C@@H](C)[C@H]3NC(=O)OC(C)(C)C)n2ccnc12.C[C@@H]1OCC2(CCN(c3nc[c-]c4nccn34)CC2)[C@@H]1NC(=O)OC(C)(C)C.C[C@@H]1OCC2(CCN(c3ncc(Br)c4nccn34)CC2)[C@@H]1NC(=O)OC(C)(C)C.C[C@@H]1OCC2(CCNCC2)[C@@H]1N.Clc1ncc(Br)c2nccn12.N=N/N=N/N=N/N=N/N=N/N=N/N=N/N=N/N.[Na+].[SH-]. The Morgan fingerprint density at radius 2 is 0.882 bits per heavy atom. The number of thioether (sulfide) groups is 1. The molecule has 8 fully saturated rings. The molecule has 0 radical (unpaired) electrons. The summed E-state index contributed by atoms with van der Waals surface area (Å²) in [6.07, 6.45) is 28.4. The molecule has 3 amide bonds. The summed E-state index contributed by atoms with van der Waals surface area (Å²) in [5.74, 6) is 7.56. The maximum Gasteiger partial charge on any atom is 1.00 e. The maximum absolute atomic E-state index is 12.5. The monoisotopic (exact) mass is 2090 g/mol. The Bertz CT molecular complexity index is 5350. The van der Waals surface area contributed by atoms with Gasteiger partial charge in [0.25, 0.3) is 0 Å². The predicted molar refractivity (Wildman–Crippen MR) is 509 cm³/mol. The van der Waals surface area contributed by atoms with Crippen LogP contribution in [-0.4, -0.2) is 239 Å². The van der Waals surface area contributed by atoms with Crippen molar-refractivity contribution in [2.75, 3.05) is 106 Å². The summed E-state index contributed by atoms with van der Waals surface area (Å²) in [7, 11) is 1.40. The molecule has 0 saturated carbocycles. The van der Waals surface area contributed by atoms with E-state index >= 15 is 0 Å². The van der Waals surface area contributed by atoms with Gasteiger partial charge in [-0.2, -0.15) is 5.53 Å². The summed E-state index contributed by atoms with van der Waals surface area (Å²) in [6.45, 7) is 34.9. The van der Waals surface area contributed by atoms with Crippen molar-refractivity contribution in [2.24, 2.45) is 112 Å². The Morgan fingerprint density at radius 3 is 1.29 bits per heavy atom. The molecule has 8 aliphatic rings. The minimum atomic E-state index is -0.547. The van der Waals surface area contributed by atoms with Gasteiger partial charge in [-0.15, -0.1) is 18.0 Å². The van der Waals surface area contributed by atoms with Gasteiger partial charge < -0.3 is 109 Å². The van der Waals surface area contributed by atoms with Crippen LogP contribution in [0.3, 0.4) is 0 Å². The molecule has 8 saturated heterocycles. The fraction of sp³-hybridized carbons (Fsp3) is 0.654. The number of hydrogen-bond donors (Lipinski definition) is 7. The molecule has 49 nitrogen and oxygen atoms in total. The van der Waals surface area contributed by atoms with Crippen molar-refractivity contribution in [1.82, 2.24) is 78.7 Å². The third-order valence-electron chi connectivity index (χ3n) is 23.5. The van der Waals surface area contributed by atoms with E-state index in [1.165, 1.54) is 20.0 Å². The van der Waals surface area contributed by atoms with Gasteiger partial charge in [-0.3, -0.25) is 28.0 Å². The van der Waals surface area contributed by atoms with E-state index in [0.717, 1.165) is 152 Å². The van der Waals surface area contributed by atoms with Gasteiger partial charge >= 0.3 is 53.8 Å². The van der Waals surface area contributed by atoms with Crippen LogP contribution in [0.15, 0.2) is 167 Å². The number of ether oxygens (including phenoxy) is 8. The Balaban J connectivity index is 0.000000230. The molecule has 136 heavy (non-hydrogen) atoms. The second-order valence-electron chi connectivity index (χ2n) is 35.6.